The first-order valence-electron chi connectivity index (χ1n) is 20.4. The molecule has 292 valence electrons. The SMILES string of the molecule is CC1(C)c2c(Cl)cccc2-c2cccc(Sc3c(Nc4ccc(-c5ccccc5)c(-c5ccccc5)c4)ccc4oc5nc(-c6ccccc6)nc(-c6ccccc6)c5c34)c21. The Morgan fingerprint density at radius 2 is 1.13 bits per heavy atom. The minimum absolute atomic E-state index is 0.340. The zero-order valence-electron chi connectivity index (χ0n) is 33.5. The molecule has 0 radical (unpaired) electrons. The maximum absolute atomic E-state index is 7.00. The predicted octanol–water partition coefficient (Wildman–Crippen LogP) is 15.9. The summed E-state index contributed by atoms with van der Waals surface area (Å²) in [5.74, 6) is 0.614. The van der Waals surface area contributed by atoms with E-state index in [-0.39, 0.29) is 5.41 Å². The van der Waals surface area contributed by atoms with Crippen LogP contribution in [0.5, 0.6) is 0 Å². The fourth-order valence-corrected chi connectivity index (χ4v) is 10.8. The van der Waals surface area contributed by atoms with Gasteiger partial charge in [-0.25, -0.2) is 4.98 Å². The lowest BCUT2D eigenvalue weighted by Crippen LogP contribution is -2.16. The summed E-state index contributed by atoms with van der Waals surface area (Å²) < 4.78 is 6.79. The highest BCUT2D eigenvalue weighted by Crippen LogP contribution is 2.56. The maximum atomic E-state index is 7.00. The van der Waals surface area contributed by atoms with Crippen LogP contribution in [0.25, 0.3) is 78.1 Å². The van der Waals surface area contributed by atoms with E-state index in [2.05, 4.69) is 159 Å². The lowest BCUT2D eigenvalue weighted by atomic mass is 9.82. The molecule has 1 N–H and O–H groups in total. The van der Waals surface area contributed by atoms with Crippen molar-refractivity contribution in [1.82, 2.24) is 9.97 Å². The molecule has 10 aromatic rings. The molecule has 0 aliphatic heterocycles. The molecule has 0 amide bonds. The molecule has 0 saturated heterocycles. The summed E-state index contributed by atoms with van der Waals surface area (Å²) >= 11 is 8.75. The molecule has 0 saturated carbocycles. The molecule has 8 aromatic carbocycles. The number of anilines is 2. The van der Waals surface area contributed by atoms with Crippen molar-refractivity contribution in [2.45, 2.75) is 29.1 Å². The minimum Gasteiger partial charge on any atom is -0.438 e. The molecule has 0 unspecified atom stereocenters. The van der Waals surface area contributed by atoms with Crippen LogP contribution in [0.2, 0.25) is 5.02 Å². The molecular formula is C55H38ClN3OS. The quantitative estimate of drug-likeness (QED) is 0.165. The standard InChI is InChI=1S/C55H38ClN3OS/c1-55(2)49-40(25-15-27-43(49)56)41-26-16-28-46(50(41)55)61-52-44(57-38-29-30-39(34-17-7-3-8-18-34)42(33-38)35-19-9-4-10-20-35)31-32-45-47(52)48-51(36-21-11-5-12-22-36)58-53(59-54(48)60-45)37-23-13-6-14-24-37/h3-33,57H,1-2H3. The van der Waals surface area contributed by atoms with Gasteiger partial charge in [0, 0.05) is 42.4 Å². The van der Waals surface area contributed by atoms with Crippen LogP contribution in [0.1, 0.15) is 25.0 Å². The number of halogens is 1. The van der Waals surface area contributed by atoms with Crippen molar-refractivity contribution in [2.75, 3.05) is 5.32 Å². The summed E-state index contributed by atoms with van der Waals surface area (Å²) in [5.41, 5.74) is 15.0. The average Bonchev–Trinajstić information content (AvgIpc) is 3.80. The van der Waals surface area contributed by atoms with Crippen LogP contribution >= 0.6 is 23.4 Å². The minimum atomic E-state index is -0.340. The zero-order valence-corrected chi connectivity index (χ0v) is 35.1. The van der Waals surface area contributed by atoms with Gasteiger partial charge in [0.05, 0.1) is 16.8 Å². The molecular weight excluding hydrogens is 786 g/mol. The summed E-state index contributed by atoms with van der Waals surface area (Å²) in [7, 11) is 0. The van der Waals surface area contributed by atoms with E-state index in [0.717, 1.165) is 76.1 Å². The van der Waals surface area contributed by atoms with Crippen LogP contribution in [0.15, 0.2) is 202 Å². The summed E-state index contributed by atoms with van der Waals surface area (Å²) in [6, 6.07) is 65.4. The van der Waals surface area contributed by atoms with Crippen molar-refractivity contribution in [3.63, 3.8) is 0 Å². The van der Waals surface area contributed by atoms with Gasteiger partial charge in [0.15, 0.2) is 5.82 Å². The highest BCUT2D eigenvalue weighted by Gasteiger charge is 2.39. The van der Waals surface area contributed by atoms with E-state index in [4.69, 9.17) is 26.0 Å². The van der Waals surface area contributed by atoms with Gasteiger partial charge >= 0.3 is 0 Å². The lowest BCUT2D eigenvalue weighted by molar-refractivity contribution is 0.647. The second-order valence-electron chi connectivity index (χ2n) is 15.9. The monoisotopic (exact) mass is 823 g/mol. The van der Waals surface area contributed by atoms with Gasteiger partial charge in [-0.1, -0.05) is 189 Å². The van der Waals surface area contributed by atoms with E-state index in [9.17, 15) is 0 Å². The Morgan fingerprint density at radius 3 is 1.82 bits per heavy atom. The second-order valence-corrected chi connectivity index (χ2v) is 17.4. The number of rotatable bonds is 8. The Labute approximate surface area is 363 Å². The molecule has 6 heteroatoms. The molecule has 1 aliphatic rings. The molecule has 2 heterocycles. The van der Waals surface area contributed by atoms with Gasteiger partial charge in [0.25, 0.3) is 0 Å². The van der Waals surface area contributed by atoms with Crippen molar-refractivity contribution in [3.05, 3.63) is 204 Å². The summed E-state index contributed by atoms with van der Waals surface area (Å²) in [5, 5.41) is 6.52. The Bertz CT molecular complexity index is 3280. The first-order chi connectivity index (χ1) is 29.9. The van der Waals surface area contributed by atoms with Gasteiger partial charge in [-0.05, 0) is 80.9 Å². The van der Waals surface area contributed by atoms with Crippen LogP contribution in [0, 0.1) is 0 Å². The zero-order chi connectivity index (χ0) is 41.1. The number of benzene rings is 8. The van der Waals surface area contributed by atoms with E-state index in [1.807, 2.05) is 48.5 Å². The highest BCUT2D eigenvalue weighted by atomic mass is 35.5. The Balaban J connectivity index is 1.16. The van der Waals surface area contributed by atoms with Gasteiger partial charge in [-0.3, -0.25) is 0 Å². The number of furan rings is 1. The van der Waals surface area contributed by atoms with Crippen LogP contribution in [0.3, 0.4) is 0 Å². The van der Waals surface area contributed by atoms with E-state index in [1.165, 1.54) is 27.8 Å². The van der Waals surface area contributed by atoms with Gasteiger partial charge in [0.1, 0.15) is 5.58 Å². The molecule has 0 spiro atoms. The number of nitrogens with zero attached hydrogens (tertiary/aromatic N) is 2. The predicted molar refractivity (Wildman–Crippen MR) is 254 cm³/mol. The van der Waals surface area contributed by atoms with E-state index < -0.39 is 0 Å². The number of fused-ring (bicyclic) bond motifs is 6. The summed E-state index contributed by atoms with van der Waals surface area (Å²) in [4.78, 5) is 12.6. The van der Waals surface area contributed by atoms with E-state index >= 15 is 0 Å². The van der Waals surface area contributed by atoms with E-state index in [1.54, 1.807) is 11.8 Å². The number of hydrogen-bond donors (Lipinski definition) is 1. The Morgan fingerprint density at radius 1 is 0.525 bits per heavy atom. The smallest absolute Gasteiger partial charge is 0.231 e. The molecule has 61 heavy (non-hydrogen) atoms. The molecule has 0 atom stereocenters. The third-order valence-electron chi connectivity index (χ3n) is 11.8. The topological polar surface area (TPSA) is 51.0 Å². The number of aromatic nitrogens is 2. The first kappa shape index (κ1) is 37.1. The highest BCUT2D eigenvalue weighted by molar-refractivity contribution is 7.99. The number of nitrogens with one attached hydrogen (secondary N) is 1. The lowest BCUT2D eigenvalue weighted by Gasteiger charge is -2.25. The molecule has 1 aliphatic carbocycles. The summed E-state index contributed by atoms with van der Waals surface area (Å²) in [6.07, 6.45) is 0. The van der Waals surface area contributed by atoms with Crippen molar-refractivity contribution in [1.29, 1.82) is 0 Å². The fourth-order valence-electron chi connectivity index (χ4n) is 9.06. The average molecular weight is 824 g/mol. The van der Waals surface area contributed by atoms with Crippen molar-refractivity contribution >= 4 is 56.8 Å². The molecule has 0 bridgehead atoms. The van der Waals surface area contributed by atoms with E-state index in [0.29, 0.717) is 11.5 Å². The maximum Gasteiger partial charge on any atom is 0.231 e. The van der Waals surface area contributed by atoms with Gasteiger partial charge in [-0.2, -0.15) is 4.98 Å². The third kappa shape index (κ3) is 6.40. The number of hydrogen-bond acceptors (Lipinski definition) is 5. The fraction of sp³-hybridized carbons (Fsp3) is 0.0545. The Hall–Kier alpha value is -6.92. The second kappa shape index (κ2) is 15.0. The Kier molecular flexibility index (Phi) is 9.10. The van der Waals surface area contributed by atoms with Crippen LogP contribution < -0.4 is 5.32 Å². The van der Waals surface area contributed by atoms with Crippen LogP contribution in [-0.4, -0.2) is 9.97 Å². The van der Waals surface area contributed by atoms with Gasteiger partial charge in [0.2, 0.25) is 5.71 Å². The van der Waals surface area contributed by atoms with Gasteiger partial charge in [-0.15, -0.1) is 0 Å². The molecule has 0 fully saturated rings. The van der Waals surface area contributed by atoms with Crippen molar-refractivity contribution < 1.29 is 4.42 Å². The summed E-state index contributed by atoms with van der Waals surface area (Å²) in [6.45, 7) is 4.57. The normalized spacial score (nSPS) is 12.7. The first-order valence-corrected chi connectivity index (χ1v) is 21.6. The van der Waals surface area contributed by atoms with Crippen LogP contribution in [0.4, 0.5) is 11.4 Å². The largest absolute Gasteiger partial charge is 0.438 e. The molecule has 2 aromatic heterocycles. The molecule has 4 nitrogen and oxygen atoms in total. The molecule has 11 rings (SSSR count). The van der Waals surface area contributed by atoms with Crippen molar-refractivity contribution in [3.8, 4) is 56.0 Å². The van der Waals surface area contributed by atoms with Crippen LogP contribution in [-0.2, 0) is 5.41 Å². The third-order valence-corrected chi connectivity index (χ3v) is 13.3. The van der Waals surface area contributed by atoms with Crippen molar-refractivity contribution in [2.24, 2.45) is 0 Å². The van der Waals surface area contributed by atoms with Gasteiger partial charge < -0.3 is 9.73 Å².